The van der Waals surface area contributed by atoms with Crippen molar-refractivity contribution < 1.29 is 4.79 Å². The number of halogens is 1. The van der Waals surface area contributed by atoms with E-state index in [0.717, 1.165) is 20.6 Å². The van der Waals surface area contributed by atoms with Crippen LogP contribution in [0.5, 0.6) is 0 Å². The van der Waals surface area contributed by atoms with Crippen LogP contribution in [0.3, 0.4) is 0 Å². The third-order valence-corrected chi connectivity index (χ3v) is 4.01. The number of aryl methyl sites for hydroxylation is 1. The molecule has 0 unspecified atom stereocenters. The fourth-order valence-electron chi connectivity index (χ4n) is 1.40. The number of urea groups is 1. The normalized spacial score (nSPS) is 10.6. The molecule has 0 bridgehead atoms. The Labute approximate surface area is 123 Å². The summed E-state index contributed by atoms with van der Waals surface area (Å²) in [6, 6.07) is 9.07. The predicted molar refractivity (Wildman–Crippen MR) is 82.9 cm³/mol. The van der Waals surface area contributed by atoms with Gasteiger partial charge in [0.05, 0.1) is 6.21 Å². The Bertz CT molecular complexity index is 596. The Morgan fingerprint density at radius 3 is 2.95 bits per heavy atom. The monoisotopic (exact) mass is 337 g/mol. The molecule has 2 aromatic rings. The molecule has 0 atom stereocenters. The number of nitrogens with zero attached hydrogens (tertiary/aromatic N) is 1. The van der Waals surface area contributed by atoms with Crippen molar-refractivity contribution in [2.75, 3.05) is 5.32 Å². The molecule has 1 heterocycles. The molecule has 2 rings (SSSR count). The Balaban J connectivity index is 1.89. The summed E-state index contributed by atoms with van der Waals surface area (Å²) in [4.78, 5) is 12.6. The second-order valence-corrected chi connectivity index (χ2v) is 5.64. The number of thiophene rings is 1. The topological polar surface area (TPSA) is 53.5 Å². The minimum absolute atomic E-state index is 0.366. The Hall–Kier alpha value is -1.66. The highest BCUT2D eigenvalue weighted by molar-refractivity contribution is 9.10. The van der Waals surface area contributed by atoms with Crippen LogP contribution in [0.1, 0.15) is 10.4 Å². The van der Waals surface area contributed by atoms with E-state index >= 15 is 0 Å². The second kappa shape index (κ2) is 6.49. The van der Waals surface area contributed by atoms with Crippen LogP contribution >= 0.6 is 27.3 Å². The maximum atomic E-state index is 11.6. The van der Waals surface area contributed by atoms with E-state index in [1.165, 1.54) is 0 Å². The summed E-state index contributed by atoms with van der Waals surface area (Å²) in [5.41, 5.74) is 4.20. The predicted octanol–water partition coefficient (Wildman–Crippen LogP) is 3.97. The lowest BCUT2D eigenvalue weighted by Crippen LogP contribution is -2.24. The first-order chi connectivity index (χ1) is 9.15. The van der Waals surface area contributed by atoms with Crippen LogP contribution in [0.25, 0.3) is 0 Å². The first kappa shape index (κ1) is 13.8. The summed E-state index contributed by atoms with van der Waals surface area (Å²) < 4.78 is 1.01. The number of hydrogen-bond donors (Lipinski definition) is 2. The number of nitrogens with one attached hydrogen (secondary N) is 2. The molecular weight excluding hydrogens is 326 g/mol. The molecule has 0 aliphatic carbocycles. The zero-order valence-electron chi connectivity index (χ0n) is 10.2. The minimum atomic E-state index is -0.366. The van der Waals surface area contributed by atoms with Crippen LogP contribution < -0.4 is 10.7 Å². The molecule has 4 nitrogen and oxygen atoms in total. The molecule has 98 valence electrons. The van der Waals surface area contributed by atoms with Crippen LogP contribution in [0, 0.1) is 6.92 Å². The quantitative estimate of drug-likeness (QED) is 0.646. The maximum Gasteiger partial charge on any atom is 0.339 e. The summed E-state index contributed by atoms with van der Waals surface area (Å²) in [6.07, 6.45) is 1.61. The van der Waals surface area contributed by atoms with Crippen molar-refractivity contribution in [2.45, 2.75) is 6.92 Å². The van der Waals surface area contributed by atoms with Crippen LogP contribution in [0.2, 0.25) is 0 Å². The molecule has 1 aromatic heterocycles. The van der Waals surface area contributed by atoms with E-state index in [0.29, 0.717) is 0 Å². The molecule has 0 radical (unpaired) electrons. The molecule has 0 spiro atoms. The van der Waals surface area contributed by atoms with Crippen LogP contribution in [0.15, 0.2) is 45.3 Å². The van der Waals surface area contributed by atoms with Crippen molar-refractivity contribution in [3.8, 4) is 0 Å². The zero-order valence-corrected chi connectivity index (χ0v) is 12.6. The van der Waals surface area contributed by atoms with Crippen molar-refractivity contribution in [3.05, 3.63) is 50.6 Å². The largest absolute Gasteiger partial charge is 0.339 e. The zero-order chi connectivity index (χ0) is 13.7. The van der Waals surface area contributed by atoms with Gasteiger partial charge in [0.25, 0.3) is 0 Å². The van der Waals surface area contributed by atoms with Gasteiger partial charge in [-0.1, -0.05) is 22.0 Å². The molecule has 0 saturated heterocycles. The SMILES string of the molecule is Cc1cc(NC(=O)N/N=C/c2cccs2)ccc1Br. The number of hydrogen-bond acceptors (Lipinski definition) is 3. The van der Waals surface area contributed by atoms with E-state index in [9.17, 15) is 4.79 Å². The molecule has 0 aliphatic rings. The third-order valence-electron chi connectivity index (χ3n) is 2.32. The summed E-state index contributed by atoms with van der Waals surface area (Å²) in [5.74, 6) is 0. The van der Waals surface area contributed by atoms with E-state index in [1.54, 1.807) is 17.6 Å². The van der Waals surface area contributed by atoms with E-state index < -0.39 is 0 Å². The van der Waals surface area contributed by atoms with Crippen molar-refractivity contribution in [3.63, 3.8) is 0 Å². The van der Waals surface area contributed by atoms with Crippen LogP contribution in [0.4, 0.5) is 10.5 Å². The van der Waals surface area contributed by atoms with Crippen molar-refractivity contribution in [1.82, 2.24) is 5.43 Å². The Morgan fingerprint density at radius 1 is 1.42 bits per heavy atom. The molecule has 0 saturated carbocycles. The van der Waals surface area contributed by atoms with Gasteiger partial charge in [-0.05, 0) is 42.1 Å². The van der Waals surface area contributed by atoms with Crippen LogP contribution in [-0.2, 0) is 0 Å². The van der Waals surface area contributed by atoms with Gasteiger partial charge in [0.15, 0.2) is 0 Å². The molecule has 19 heavy (non-hydrogen) atoms. The van der Waals surface area contributed by atoms with E-state index in [2.05, 4.69) is 31.8 Å². The number of rotatable bonds is 3. The number of benzene rings is 1. The lowest BCUT2D eigenvalue weighted by atomic mass is 10.2. The lowest BCUT2D eigenvalue weighted by Gasteiger charge is -2.05. The van der Waals surface area contributed by atoms with Gasteiger partial charge in [-0.2, -0.15) is 5.10 Å². The Morgan fingerprint density at radius 2 is 2.26 bits per heavy atom. The smallest absolute Gasteiger partial charge is 0.307 e. The maximum absolute atomic E-state index is 11.6. The van der Waals surface area contributed by atoms with Gasteiger partial charge in [-0.15, -0.1) is 11.3 Å². The number of carbonyl (C=O) groups is 1. The first-order valence-corrected chi connectivity index (χ1v) is 7.22. The average molecular weight is 338 g/mol. The number of anilines is 1. The van der Waals surface area contributed by atoms with Crippen molar-refractivity contribution >= 4 is 45.2 Å². The number of amides is 2. The van der Waals surface area contributed by atoms with Crippen LogP contribution in [-0.4, -0.2) is 12.2 Å². The standard InChI is InChI=1S/C13H12BrN3OS/c1-9-7-10(4-5-12(9)14)16-13(18)17-15-8-11-3-2-6-19-11/h2-8H,1H3,(H2,16,17,18)/b15-8+. The van der Waals surface area contributed by atoms with Gasteiger partial charge in [0.2, 0.25) is 0 Å². The molecular formula is C13H12BrN3OS. The second-order valence-electron chi connectivity index (χ2n) is 3.80. The summed E-state index contributed by atoms with van der Waals surface area (Å²) in [5, 5.41) is 8.52. The third kappa shape index (κ3) is 4.18. The van der Waals surface area contributed by atoms with Gasteiger partial charge < -0.3 is 5.32 Å². The summed E-state index contributed by atoms with van der Waals surface area (Å²) in [6.45, 7) is 1.96. The van der Waals surface area contributed by atoms with E-state index in [-0.39, 0.29) is 6.03 Å². The lowest BCUT2D eigenvalue weighted by molar-refractivity contribution is 0.252. The molecule has 2 amide bonds. The summed E-state index contributed by atoms with van der Waals surface area (Å²) >= 11 is 4.96. The molecule has 0 fully saturated rings. The molecule has 1 aromatic carbocycles. The highest BCUT2D eigenvalue weighted by atomic mass is 79.9. The average Bonchev–Trinajstić information content (AvgIpc) is 2.87. The minimum Gasteiger partial charge on any atom is -0.307 e. The van der Waals surface area contributed by atoms with Crippen molar-refractivity contribution in [2.24, 2.45) is 5.10 Å². The molecule has 6 heteroatoms. The highest BCUT2D eigenvalue weighted by Gasteiger charge is 2.01. The highest BCUT2D eigenvalue weighted by Crippen LogP contribution is 2.19. The van der Waals surface area contributed by atoms with Gasteiger partial charge in [0.1, 0.15) is 0 Å². The first-order valence-electron chi connectivity index (χ1n) is 5.55. The van der Waals surface area contributed by atoms with E-state index in [1.807, 2.05) is 42.6 Å². The van der Waals surface area contributed by atoms with E-state index in [4.69, 9.17) is 0 Å². The van der Waals surface area contributed by atoms with Gasteiger partial charge in [0, 0.05) is 15.0 Å². The molecule has 0 aliphatic heterocycles. The Kier molecular flexibility index (Phi) is 4.70. The fourth-order valence-corrected chi connectivity index (χ4v) is 2.23. The van der Waals surface area contributed by atoms with Crippen molar-refractivity contribution in [1.29, 1.82) is 0 Å². The van der Waals surface area contributed by atoms with Gasteiger partial charge >= 0.3 is 6.03 Å². The van der Waals surface area contributed by atoms with Gasteiger partial charge in [-0.25, -0.2) is 10.2 Å². The fraction of sp³-hybridized carbons (Fsp3) is 0.0769. The van der Waals surface area contributed by atoms with Gasteiger partial charge in [-0.3, -0.25) is 0 Å². The summed E-state index contributed by atoms with van der Waals surface area (Å²) in [7, 11) is 0. The molecule has 2 N–H and O–H groups in total. The number of carbonyl (C=O) groups excluding carboxylic acids is 1. The number of hydrazone groups is 1.